The van der Waals surface area contributed by atoms with Gasteiger partial charge in [-0.3, -0.25) is 9.36 Å². The Balaban J connectivity index is 1.53. The lowest BCUT2D eigenvalue weighted by Gasteiger charge is -2.24. The van der Waals surface area contributed by atoms with E-state index in [2.05, 4.69) is 22.8 Å². The molecule has 212 valence electrons. The number of rotatable bonds is 7. The molecule has 42 heavy (non-hydrogen) atoms. The van der Waals surface area contributed by atoms with Crippen molar-refractivity contribution in [1.82, 2.24) is 9.13 Å². The molecule has 0 amide bonds. The van der Waals surface area contributed by atoms with Crippen LogP contribution in [-0.4, -0.2) is 28.8 Å². The zero-order valence-electron chi connectivity index (χ0n) is 23.3. The molecule has 0 saturated heterocycles. The minimum atomic E-state index is -0.687. The molecule has 5 aromatic rings. The van der Waals surface area contributed by atoms with Gasteiger partial charge in [0, 0.05) is 28.2 Å². The fraction of sp³-hybridized carbons (Fsp3) is 0.182. The Morgan fingerprint density at radius 3 is 2.52 bits per heavy atom. The molecular formula is C33H28ClN3O4S. The normalized spacial score (nSPS) is 15.0. The molecule has 1 atom stereocenters. The van der Waals surface area contributed by atoms with Crippen LogP contribution in [0.1, 0.15) is 36.7 Å². The first-order valence-corrected chi connectivity index (χ1v) is 14.7. The van der Waals surface area contributed by atoms with E-state index < -0.39 is 12.0 Å². The predicted molar refractivity (Wildman–Crippen MR) is 166 cm³/mol. The van der Waals surface area contributed by atoms with Crippen molar-refractivity contribution in [3.8, 4) is 5.75 Å². The lowest BCUT2D eigenvalue weighted by molar-refractivity contribution is -0.139. The second-order valence-electron chi connectivity index (χ2n) is 9.92. The number of halogens is 1. The number of benzene rings is 3. The van der Waals surface area contributed by atoms with E-state index in [9.17, 15) is 9.59 Å². The Bertz CT molecular complexity index is 2020. The molecule has 0 radical (unpaired) electrons. The summed E-state index contributed by atoms with van der Waals surface area (Å²) >= 11 is 7.43. The number of fused-ring (bicyclic) bond motifs is 2. The van der Waals surface area contributed by atoms with E-state index in [0.717, 1.165) is 27.7 Å². The minimum Gasteiger partial charge on any atom is -0.497 e. The summed E-state index contributed by atoms with van der Waals surface area (Å²) in [5.41, 5.74) is 4.44. The highest BCUT2D eigenvalue weighted by Crippen LogP contribution is 2.31. The van der Waals surface area contributed by atoms with E-state index in [1.165, 1.54) is 11.3 Å². The highest BCUT2D eigenvalue weighted by molar-refractivity contribution is 7.07. The van der Waals surface area contributed by atoms with Crippen molar-refractivity contribution in [2.75, 3.05) is 13.7 Å². The summed E-state index contributed by atoms with van der Waals surface area (Å²) in [5.74, 6) is 0.190. The predicted octanol–water partition coefficient (Wildman–Crippen LogP) is 5.46. The second-order valence-corrected chi connectivity index (χ2v) is 11.4. The van der Waals surface area contributed by atoms with E-state index in [1.54, 1.807) is 25.5 Å². The van der Waals surface area contributed by atoms with Crippen LogP contribution in [0.15, 0.2) is 99.9 Å². The maximum absolute atomic E-state index is 14.1. The van der Waals surface area contributed by atoms with Crippen molar-refractivity contribution in [2.24, 2.45) is 4.99 Å². The van der Waals surface area contributed by atoms with Crippen LogP contribution in [0.4, 0.5) is 0 Å². The van der Waals surface area contributed by atoms with Gasteiger partial charge in [0.15, 0.2) is 4.80 Å². The van der Waals surface area contributed by atoms with E-state index in [0.29, 0.717) is 37.9 Å². The molecule has 1 aliphatic heterocycles. The Kier molecular flexibility index (Phi) is 7.58. The average molecular weight is 598 g/mol. The van der Waals surface area contributed by atoms with Crippen LogP contribution in [0, 0.1) is 0 Å². The minimum absolute atomic E-state index is 0.216. The zero-order valence-corrected chi connectivity index (χ0v) is 24.9. The Labute approximate surface area is 251 Å². The number of nitrogens with zero attached hydrogens (tertiary/aromatic N) is 3. The van der Waals surface area contributed by atoms with E-state index >= 15 is 0 Å². The van der Waals surface area contributed by atoms with Gasteiger partial charge in [0.05, 0.1) is 35.6 Å². The highest BCUT2D eigenvalue weighted by Gasteiger charge is 2.33. The Hall–Kier alpha value is -4.40. The molecule has 6 rings (SSSR count). The monoisotopic (exact) mass is 597 g/mol. The van der Waals surface area contributed by atoms with Gasteiger partial charge in [-0.2, -0.15) is 0 Å². The first kappa shape index (κ1) is 27.8. The summed E-state index contributed by atoms with van der Waals surface area (Å²) in [6.45, 7) is 4.36. The molecule has 0 N–H and O–H groups in total. The van der Waals surface area contributed by atoms with Crippen LogP contribution in [-0.2, 0) is 16.1 Å². The summed E-state index contributed by atoms with van der Waals surface area (Å²) in [4.78, 5) is 32.5. The van der Waals surface area contributed by atoms with Gasteiger partial charge in [-0.15, -0.1) is 0 Å². The summed E-state index contributed by atoms with van der Waals surface area (Å²) in [6.07, 6.45) is 1.91. The number of carbonyl (C=O) groups is 1. The summed E-state index contributed by atoms with van der Waals surface area (Å²) < 4.78 is 15.0. The number of hydrogen-bond acceptors (Lipinski definition) is 6. The van der Waals surface area contributed by atoms with Crippen molar-refractivity contribution in [2.45, 2.75) is 26.4 Å². The highest BCUT2D eigenvalue weighted by atomic mass is 35.5. The van der Waals surface area contributed by atoms with Gasteiger partial charge in [0.1, 0.15) is 5.75 Å². The van der Waals surface area contributed by atoms with Crippen LogP contribution < -0.4 is 19.6 Å². The van der Waals surface area contributed by atoms with E-state index in [-0.39, 0.29) is 12.2 Å². The molecule has 0 aliphatic carbocycles. The largest absolute Gasteiger partial charge is 0.497 e. The van der Waals surface area contributed by atoms with Gasteiger partial charge >= 0.3 is 5.97 Å². The van der Waals surface area contributed by atoms with Crippen molar-refractivity contribution >= 4 is 45.9 Å². The topological polar surface area (TPSA) is 74.8 Å². The number of aromatic nitrogens is 2. The lowest BCUT2D eigenvalue weighted by atomic mass is 9.96. The van der Waals surface area contributed by atoms with Crippen LogP contribution >= 0.6 is 22.9 Å². The molecule has 0 saturated carbocycles. The molecule has 3 aromatic carbocycles. The smallest absolute Gasteiger partial charge is 0.338 e. The Morgan fingerprint density at radius 1 is 1.07 bits per heavy atom. The average Bonchev–Trinajstić information content (AvgIpc) is 3.49. The van der Waals surface area contributed by atoms with Crippen LogP contribution in [0.2, 0.25) is 5.02 Å². The van der Waals surface area contributed by atoms with E-state index in [4.69, 9.17) is 26.1 Å². The second kappa shape index (κ2) is 11.5. The number of carbonyl (C=O) groups excluding carboxylic acids is 1. The standard InChI is InChI=1S/C33H28ClN3O4S/c1-4-41-32(39)29-20(2)35-33-37(30(29)22-11-15-26(40-3)16-12-22)31(38)28(42-33)18-25-17-23-7-5-6-8-27(23)36(25)19-21-9-13-24(34)14-10-21/h5-18,30H,4,19H2,1-3H3. The van der Waals surface area contributed by atoms with Gasteiger partial charge in [0.25, 0.3) is 5.56 Å². The maximum Gasteiger partial charge on any atom is 0.338 e. The van der Waals surface area contributed by atoms with E-state index in [1.807, 2.05) is 66.7 Å². The molecule has 2 aromatic heterocycles. The van der Waals surface area contributed by atoms with Crippen LogP contribution in [0.5, 0.6) is 5.75 Å². The number of hydrogen-bond donors (Lipinski definition) is 0. The summed E-state index contributed by atoms with van der Waals surface area (Å²) in [5, 5.41) is 1.75. The number of methoxy groups -OCH3 is 1. The fourth-order valence-electron chi connectivity index (χ4n) is 5.33. The van der Waals surface area contributed by atoms with Gasteiger partial charge < -0.3 is 14.0 Å². The third-order valence-electron chi connectivity index (χ3n) is 7.32. The molecule has 0 bridgehead atoms. The molecule has 1 unspecified atom stereocenters. The number of esters is 1. The third-order valence-corrected chi connectivity index (χ3v) is 8.56. The Morgan fingerprint density at radius 2 is 1.81 bits per heavy atom. The van der Waals surface area contributed by atoms with Crippen molar-refractivity contribution in [3.05, 3.63) is 132 Å². The van der Waals surface area contributed by atoms with Crippen LogP contribution in [0.3, 0.4) is 0 Å². The van der Waals surface area contributed by atoms with Gasteiger partial charge in [-0.1, -0.05) is 65.4 Å². The molecule has 3 heterocycles. The number of para-hydroxylation sites is 1. The lowest BCUT2D eigenvalue weighted by Crippen LogP contribution is -2.40. The summed E-state index contributed by atoms with van der Waals surface area (Å²) in [7, 11) is 1.60. The first-order valence-electron chi connectivity index (χ1n) is 13.5. The molecule has 0 fully saturated rings. The maximum atomic E-state index is 14.1. The van der Waals surface area contributed by atoms with Gasteiger partial charge in [0.2, 0.25) is 0 Å². The molecule has 7 nitrogen and oxygen atoms in total. The summed E-state index contributed by atoms with van der Waals surface area (Å²) in [6, 6.07) is 24.7. The van der Waals surface area contributed by atoms with Gasteiger partial charge in [-0.25, -0.2) is 9.79 Å². The molecule has 9 heteroatoms. The van der Waals surface area contributed by atoms with Crippen molar-refractivity contribution in [3.63, 3.8) is 0 Å². The van der Waals surface area contributed by atoms with Crippen molar-refractivity contribution in [1.29, 1.82) is 0 Å². The number of allylic oxidation sites excluding steroid dienone is 1. The number of ether oxygens (including phenoxy) is 2. The van der Waals surface area contributed by atoms with Gasteiger partial charge in [-0.05, 0) is 67.4 Å². The zero-order chi connectivity index (χ0) is 29.4. The quantitative estimate of drug-likeness (QED) is 0.233. The van der Waals surface area contributed by atoms with Crippen LogP contribution in [0.25, 0.3) is 17.0 Å². The fourth-order valence-corrected chi connectivity index (χ4v) is 6.48. The molecule has 0 spiro atoms. The third kappa shape index (κ3) is 5.08. The molecule has 1 aliphatic rings. The molecular weight excluding hydrogens is 570 g/mol. The first-order chi connectivity index (χ1) is 20.4. The van der Waals surface area contributed by atoms with Crippen molar-refractivity contribution < 1.29 is 14.3 Å². The number of thiazole rings is 1. The SMILES string of the molecule is CCOC(=O)C1=C(C)N=c2sc(=Cc3cc4ccccc4n3Cc3ccc(Cl)cc3)c(=O)n2C1c1ccc(OC)cc1.